The summed E-state index contributed by atoms with van der Waals surface area (Å²) in [4.78, 5) is 0. The fourth-order valence-corrected chi connectivity index (χ4v) is 2.37. The molecule has 0 saturated heterocycles. The van der Waals surface area contributed by atoms with Crippen LogP contribution in [0.5, 0.6) is 11.5 Å². The largest absolute Gasteiger partial charge is 0.496 e. The number of nitriles is 1. The van der Waals surface area contributed by atoms with Crippen molar-refractivity contribution in [1.29, 1.82) is 5.26 Å². The summed E-state index contributed by atoms with van der Waals surface area (Å²) in [6, 6.07) is 13.3. The minimum Gasteiger partial charge on any atom is -0.496 e. The Labute approximate surface area is 126 Å². The number of hydrogen-bond donors (Lipinski definition) is 0. The number of hydrogen-bond acceptors (Lipinski definition) is 3. The lowest BCUT2D eigenvalue weighted by Crippen LogP contribution is -1.98. The van der Waals surface area contributed by atoms with Gasteiger partial charge >= 0.3 is 0 Å². The Bertz CT molecular complexity index is 662. The lowest BCUT2D eigenvalue weighted by atomic mass is 10.1. The van der Waals surface area contributed by atoms with Crippen molar-refractivity contribution in [2.24, 2.45) is 0 Å². The van der Waals surface area contributed by atoms with Gasteiger partial charge in [0.05, 0.1) is 23.2 Å². The Morgan fingerprint density at radius 1 is 1.15 bits per heavy atom. The predicted octanol–water partition coefficient (Wildman–Crippen LogP) is 4.22. The molecule has 0 N–H and O–H groups in total. The molecule has 3 nitrogen and oxygen atoms in total. The number of rotatable bonds is 4. The highest BCUT2D eigenvalue weighted by atomic mass is 79.9. The maximum atomic E-state index is 8.91. The molecule has 2 aromatic rings. The van der Waals surface area contributed by atoms with E-state index in [2.05, 4.69) is 22.0 Å². The van der Waals surface area contributed by atoms with E-state index in [1.807, 2.05) is 31.2 Å². The van der Waals surface area contributed by atoms with Gasteiger partial charge in [-0.05, 0) is 58.2 Å². The van der Waals surface area contributed by atoms with E-state index in [-0.39, 0.29) is 0 Å². The molecule has 2 rings (SSSR count). The summed E-state index contributed by atoms with van der Waals surface area (Å²) >= 11 is 3.45. The van der Waals surface area contributed by atoms with Gasteiger partial charge < -0.3 is 9.47 Å². The molecular weight excluding hydrogens is 318 g/mol. The standard InChI is InChI=1S/C16H14BrNO2/c1-11-3-4-12(9-18)8-16(11)20-10-13-5-6-15(19-2)14(17)7-13/h3-8H,10H2,1-2H3. The molecule has 2 aromatic carbocycles. The molecule has 0 amide bonds. The monoisotopic (exact) mass is 331 g/mol. The van der Waals surface area contributed by atoms with E-state index >= 15 is 0 Å². The molecule has 0 aromatic heterocycles. The van der Waals surface area contributed by atoms with Crippen LogP contribution in [-0.2, 0) is 6.61 Å². The summed E-state index contributed by atoms with van der Waals surface area (Å²) in [6.45, 7) is 2.40. The molecule has 0 atom stereocenters. The first kappa shape index (κ1) is 14.4. The molecule has 4 heteroatoms. The third kappa shape index (κ3) is 3.31. The van der Waals surface area contributed by atoms with Crippen molar-refractivity contribution in [1.82, 2.24) is 0 Å². The van der Waals surface area contributed by atoms with E-state index in [1.54, 1.807) is 19.2 Å². The fraction of sp³-hybridized carbons (Fsp3) is 0.188. The smallest absolute Gasteiger partial charge is 0.133 e. The molecule has 20 heavy (non-hydrogen) atoms. The average molecular weight is 332 g/mol. The highest BCUT2D eigenvalue weighted by Gasteiger charge is 2.05. The third-order valence-corrected chi connectivity index (χ3v) is 3.55. The number of ether oxygens (including phenoxy) is 2. The second-order valence-corrected chi connectivity index (χ2v) is 5.20. The molecule has 0 fully saturated rings. The Kier molecular flexibility index (Phi) is 4.65. The number of aryl methyl sites for hydroxylation is 1. The molecule has 0 unspecified atom stereocenters. The average Bonchev–Trinajstić information content (AvgIpc) is 2.46. The number of nitrogens with zero attached hydrogens (tertiary/aromatic N) is 1. The van der Waals surface area contributed by atoms with Gasteiger partial charge in [0, 0.05) is 0 Å². The highest BCUT2D eigenvalue weighted by Crippen LogP contribution is 2.26. The normalized spacial score (nSPS) is 9.90. The maximum Gasteiger partial charge on any atom is 0.133 e. The van der Waals surface area contributed by atoms with E-state index in [0.29, 0.717) is 12.2 Å². The van der Waals surface area contributed by atoms with Crippen molar-refractivity contribution in [2.45, 2.75) is 13.5 Å². The maximum absolute atomic E-state index is 8.91. The number of methoxy groups -OCH3 is 1. The minimum atomic E-state index is 0.443. The van der Waals surface area contributed by atoms with Crippen molar-refractivity contribution < 1.29 is 9.47 Å². The second kappa shape index (κ2) is 6.44. The molecule has 0 aliphatic rings. The SMILES string of the molecule is COc1ccc(COc2cc(C#N)ccc2C)cc1Br. The summed E-state index contributed by atoms with van der Waals surface area (Å²) in [5.41, 5.74) is 2.64. The fourth-order valence-electron chi connectivity index (χ4n) is 1.79. The van der Waals surface area contributed by atoms with Crippen LogP contribution < -0.4 is 9.47 Å². The topological polar surface area (TPSA) is 42.2 Å². The molecule has 0 bridgehead atoms. The molecule has 0 aliphatic carbocycles. The molecule has 0 spiro atoms. The molecule has 0 aliphatic heterocycles. The quantitative estimate of drug-likeness (QED) is 0.842. The van der Waals surface area contributed by atoms with Crippen LogP contribution in [0.2, 0.25) is 0 Å². The number of halogens is 1. The predicted molar refractivity (Wildman–Crippen MR) is 80.9 cm³/mol. The summed E-state index contributed by atoms with van der Waals surface area (Å²) in [7, 11) is 1.63. The van der Waals surface area contributed by atoms with Crippen molar-refractivity contribution in [2.75, 3.05) is 7.11 Å². The second-order valence-electron chi connectivity index (χ2n) is 4.35. The van der Waals surface area contributed by atoms with Crippen LogP contribution in [0.4, 0.5) is 0 Å². The summed E-state index contributed by atoms with van der Waals surface area (Å²) in [5.74, 6) is 1.52. The van der Waals surface area contributed by atoms with E-state index in [9.17, 15) is 0 Å². The van der Waals surface area contributed by atoms with E-state index in [0.717, 1.165) is 27.1 Å². The van der Waals surface area contributed by atoms with Gasteiger partial charge in [-0.2, -0.15) is 5.26 Å². The van der Waals surface area contributed by atoms with Crippen LogP contribution in [0.15, 0.2) is 40.9 Å². The Hall–Kier alpha value is -1.99. The summed E-state index contributed by atoms with van der Waals surface area (Å²) < 4.78 is 11.9. The molecule has 102 valence electrons. The van der Waals surface area contributed by atoms with Crippen LogP contribution in [0.1, 0.15) is 16.7 Å². The molecule has 0 saturated carbocycles. The lowest BCUT2D eigenvalue weighted by molar-refractivity contribution is 0.303. The zero-order chi connectivity index (χ0) is 14.5. The Morgan fingerprint density at radius 3 is 2.60 bits per heavy atom. The Morgan fingerprint density at radius 2 is 1.95 bits per heavy atom. The van der Waals surface area contributed by atoms with Gasteiger partial charge in [-0.1, -0.05) is 12.1 Å². The Balaban J connectivity index is 2.13. The van der Waals surface area contributed by atoms with Crippen LogP contribution >= 0.6 is 15.9 Å². The van der Waals surface area contributed by atoms with Gasteiger partial charge in [0.2, 0.25) is 0 Å². The van der Waals surface area contributed by atoms with Crippen LogP contribution in [0.25, 0.3) is 0 Å². The zero-order valence-corrected chi connectivity index (χ0v) is 12.9. The van der Waals surface area contributed by atoms with E-state index in [1.165, 1.54) is 0 Å². The van der Waals surface area contributed by atoms with Crippen molar-refractivity contribution >= 4 is 15.9 Å². The number of benzene rings is 2. The van der Waals surface area contributed by atoms with Crippen LogP contribution in [-0.4, -0.2) is 7.11 Å². The molecule has 0 heterocycles. The van der Waals surface area contributed by atoms with Crippen molar-refractivity contribution in [3.63, 3.8) is 0 Å². The van der Waals surface area contributed by atoms with Crippen LogP contribution in [0.3, 0.4) is 0 Å². The van der Waals surface area contributed by atoms with Gasteiger partial charge in [-0.25, -0.2) is 0 Å². The van der Waals surface area contributed by atoms with E-state index in [4.69, 9.17) is 14.7 Å². The van der Waals surface area contributed by atoms with Gasteiger partial charge in [0.25, 0.3) is 0 Å². The zero-order valence-electron chi connectivity index (χ0n) is 11.3. The molecular formula is C16H14BrNO2. The minimum absolute atomic E-state index is 0.443. The van der Waals surface area contributed by atoms with Crippen molar-refractivity contribution in [3.8, 4) is 17.6 Å². The third-order valence-electron chi connectivity index (χ3n) is 2.93. The van der Waals surface area contributed by atoms with Crippen LogP contribution in [0, 0.1) is 18.3 Å². The first-order valence-electron chi connectivity index (χ1n) is 6.10. The van der Waals surface area contributed by atoms with Gasteiger partial charge in [0.1, 0.15) is 18.1 Å². The highest BCUT2D eigenvalue weighted by molar-refractivity contribution is 9.10. The molecule has 0 radical (unpaired) electrons. The first-order valence-corrected chi connectivity index (χ1v) is 6.89. The lowest BCUT2D eigenvalue weighted by Gasteiger charge is -2.10. The van der Waals surface area contributed by atoms with Crippen molar-refractivity contribution in [3.05, 3.63) is 57.6 Å². The summed E-state index contributed by atoms with van der Waals surface area (Å²) in [6.07, 6.45) is 0. The van der Waals surface area contributed by atoms with Gasteiger partial charge in [-0.3, -0.25) is 0 Å². The van der Waals surface area contributed by atoms with Gasteiger partial charge in [0.15, 0.2) is 0 Å². The van der Waals surface area contributed by atoms with Gasteiger partial charge in [-0.15, -0.1) is 0 Å². The van der Waals surface area contributed by atoms with E-state index < -0.39 is 0 Å². The summed E-state index contributed by atoms with van der Waals surface area (Å²) in [5, 5.41) is 8.91. The first-order chi connectivity index (χ1) is 9.63.